The number of carboxylic acid groups (broad SMARTS) is 1. The molecule has 0 aliphatic carbocycles. The summed E-state index contributed by atoms with van der Waals surface area (Å²) in [4.78, 5) is 70.6. The van der Waals surface area contributed by atoms with E-state index in [4.69, 9.17) is 22.3 Å². The average Bonchev–Trinajstić information content (AvgIpc) is 2.66. The van der Waals surface area contributed by atoms with Gasteiger partial charge in [-0.15, -0.1) is 0 Å². The Hall–Kier alpha value is -2.52. The highest BCUT2D eigenvalue weighted by atomic mass is 32.2. The van der Waals surface area contributed by atoms with Gasteiger partial charge in [-0.3, -0.25) is 24.0 Å². The molecule has 31 heavy (non-hydrogen) atoms. The van der Waals surface area contributed by atoms with E-state index in [0.717, 1.165) is 0 Å². The molecule has 0 aromatic rings. The molecular formula is C16H28N6O7S2. The van der Waals surface area contributed by atoms with Crippen molar-refractivity contribution >= 4 is 59.9 Å². The summed E-state index contributed by atoms with van der Waals surface area (Å²) < 4.78 is 0. The second-order valence-electron chi connectivity index (χ2n) is 6.43. The van der Waals surface area contributed by atoms with Crippen molar-refractivity contribution < 1.29 is 33.9 Å². The van der Waals surface area contributed by atoms with Crippen LogP contribution in [0.1, 0.15) is 19.3 Å². The maximum atomic E-state index is 12.7. The van der Waals surface area contributed by atoms with Crippen LogP contribution in [0.3, 0.4) is 0 Å². The molecule has 0 saturated heterocycles. The molecule has 0 aliphatic heterocycles. The number of thioether (sulfide) groups is 1. The monoisotopic (exact) mass is 480 g/mol. The van der Waals surface area contributed by atoms with Gasteiger partial charge in [0.25, 0.3) is 0 Å². The first-order valence-corrected chi connectivity index (χ1v) is 11.0. The molecule has 0 aromatic heterocycles. The molecule has 13 nitrogen and oxygen atoms in total. The molecule has 5 amide bonds. The van der Waals surface area contributed by atoms with Crippen LogP contribution < -0.4 is 33.2 Å². The van der Waals surface area contributed by atoms with E-state index >= 15 is 0 Å². The topological polar surface area (TPSA) is 237 Å². The maximum absolute atomic E-state index is 12.7. The van der Waals surface area contributed by atoms with Crippen molar-refractivity contribution in [1.82, 2.24) is 16.0 Å². The molecule has 0 bridgehead atoms. The zero-order chi connectivity index (χ0) is 24.1. The number of thiol groups is 1. The Morgan fingerprint density at radius 3 is 1.81 bits per heavy atom. The van der Waals surface area contributed by atoms with Gasteiger partial charge in [-0.1, -0.05) is 0 Å². The molecule has 0 aromatic carbocycles. The second kappa shape index (κ2) is 14.5. The van der Waals surface area contributed by atoms with Gasteiger partial charge in [0.15, 0.2) is 0 Å². The van der Waals surface area contributed by atoms with Gasteiger partial charge in [0.1, 0.15) is 18.1 Å². The van der Waals surface area contributed by atoms with Crippen molar-refractivity contribution in [2.24, 2.45) is 17.2 Å². The molecule has 0 rings (SSSR count). The number of nitrogens with two attached hydrogens (primary N) is 3. The predicted molar refractivity (Wildman–Crippen MR) is 116 cm³/mol. The van der Waals surface area contributed by atoms with Crippen LogP contribution in [-0.4, -0.2) is 82.5 Å². The number of nitrogens with one attached hydrogen (secondary N) is 3. The summed E-state index contributed by atoms with van der Waals surface area (Å²) in [6, 6.07) is -5.28. The molecule has 0 heterocycles. The van der Waals surface area contributed by atoms with E-state index in [1.54, 1.807) is 6.26 Å². The lowest BCUT2D eigenvalue weighted by Gasteiger charge is -2.24. The van der Waals surface area contributed by atoms with E-state index < -0.39 is 72.5 Å². The molecule has 4 atom stereocenters. The Bertz CT molecular complexity index is 693. The van der Waals surface area contributed by atoms with Crippen LogP contribution in [0.15, 0.2) is 0 Å². The number of amides is 5. The molecule has 15 heteroatoms. The second-order valence-corrected chi connectivity index (χ2v) is 7.78. The van der Waals surface area contributed by atoms with Crippen molar-refractivity contribution in [3.63, 3.8) is 0 Å². The van der Waals surface area contributed by atoms with Gasteiger partial charge < -0.3 is 38.3 Å². The Balaban J connectivity index is 5.40. The smallest absolute Gasteiger partial charge is 0.327 e. The van der Waals surface area contributed by atoms with Gasteiger partial charge >= 0.3 is 5.97 Å². The first kappa shape index (κ1) is 28.5. The molecule has 0 radical (unpaired) electrons. The molecule has 4 unspecified atom stereocenters. The number of primary amides is 2. The van der Waals surface area contributed by atoms with Crippen LogP contribution >= 0.6 is 24.4 Å². The predicted octanol–water partition coefficient (Wildman–Crippen LogP) is -3.71. The summed E-state index contributed by atoms with van der Waals surface area (Å²) in [5.41, 5.74) is 15.7. The van der Waals surface area contributed by atoms with Crippen molar-refractivity contribution in [2.45, 2.75) is 43.4 Å². The molecule has 0 fully saturated rings. The van der Waals surface area contributed by atoms with Gasteiger partial charge in [0.2, 0.25) is 29.5 Å². The van der Waals surface area contributed by atoms with Crippen molar-refractivity contribution in [3.05, 3.63) is 0 Å². The number of carbonyl (C=O) groups excluding carboxylic acids is 5. The van der Waals surface area contributed by atoms with Gasteiger partial charge in [0, 0.05) is 5.75 Å². The third-order valence-electron chi connectivity index (χ3n) is 3.84. The minimum atomic E-state index is -1.49. The number of hydrogen-bond donors (Lipinski definition) is 8. The summed E-state index contributed by atoms with van der Waals surface area (Å²) in [6.45, 7) is 0. The number of carboxylic acids is 1. The fourth-order valence-electron chi connectivity index (χ4n) is 2.23. The zero-order valence-corrected chi connectivity index (χ0v) is 18.5. The van der Waals surface area contributed by atoms with Gasteiger partial charge in [0.05, 0.1) is 18.9 Å². The first-order valence-electron chi connectivity index (χ1n) is 8.98. The third kappa shape index (κ3) is 11.4. The number of hydrogen-bond acceptors (Lipinski definition) is 9. The molecule has 176 valence electrons. The van der Waals surface area contributed by atoms with E-state index in [0.29, 0.717) is 5.75 Å². The highest BCUT2D eigenvalue weighted by molar-refractivity contribution is 7.98. The number of carbonyl (C=O) groups is 6. The van der Waals surface area contributed by atoms with Crippen LogP contribution in [0.4, 0.5) is 0 Å². The molecule has 0 aliphatic rings. The van der Waals surface area contributed by atoms with Crippen molar-refractivity contribution in [1.29, 1.82) is 0 Å². The summed E-state index contributed by atoms with van der Waals surface area (Å²) >= 11 is 5.20. The quantitative estimate of drug-likeness (QED) is 0.107. The fraction of sp³-hybridized carbons (Fsp3) is 0.625. The van der Waals surface area contributed by atoms with Crippen LogP contribution in [0.2, 0.25) is 0 Å². The normalized spacial score (nSPS) is 14.4. The van der Waals surface area contributed by atoms with Crippen LogP contribution in [0, 0.1) is 0 Å². The highest BCUT2D eigenvalue weighted by Crippen LogP contribution is 2.04. The van der Waals surface area contributed by atoms with E-state index in [1.165, 1.54) is 11.8 Å². The minimum absolute atomic E-state index is 0.140. The standard InChI is InChI=1S/C16H28N6O7S2/c1-31-3-2-8(20-13(25)7(17)4-11(18)23)14(26)21-9(5-12(19)24)15(27)22-10(6-30)16(28)29/h7-10,30H,2-6,17H2,1H3,(H2,18,23)(H2,19,24)(H,20,25)(H,21,26)(H,22,27)(H,28,29). The van der Waals surface area contributed by atoms with Crippen molar-refractivity contribution in [3.8, 4) is 0 Å². The van der Waals surface area contributed by atoms with Crippen LogP contribution in [0.25, 0.3) is 0 Å². The van der Waals surface area contributed by atoms with Crippen molar-refractivity contribution in [2.75, 3.05) is 17.8 Å². The molecule has 10 N–H and O–H groups in total. The lowest BCUT2D eigenvalue weighted by atomic mass is 10.1. The van der Waals surface area contributed by atoms with E-state index in [-0.39, 0.29) is 12.2 Å². The largest absolute Gasteiger partial charge is 0.480 e. The highest BCUT2D eigenvalue weighted by Gasteiger charge is 2.31. The summed E-state index contributed by atoms with van der Waals surface area (Å²) in [6.07, 6.45) is 0.861. The Morgan fingerprint density at radius 1 is 0.871 bits per heavy atom. The zero-order valence-electron chi connectivity index (χ0n) is 16.8. The van der Waals surface area contributed by atoms with E-state index in [1.807, 2.05) is 0 Å². The van der Waals surface area contributed by atoms with E-state index in [2.05, 4.69) is 28.6 Å². The maximum Gasteiger partial charge on any atom is 0.327 e. The average molecular weight is 481 g/mol. The van der Waals surface area contributed by atoms with Gasteiger partial charge in [-0.05, 0) is 18.4 Å². The third-order valence-corrected chi connectivity index (χ3v) is 4.85. The molecular weight excluding hydrogens is 452 g/mol. The summed E-state index contributed by atoms with van der Waals surface area (Å²) in [5, 5.41) is 15.8. The van der Waals surface area contributed by atoms with Crippen LogP contribution in [0.5, 0.6) is 0 Å². The number of aliphatic carboxylic acids is 1. The minimum Gasteiger partial charge on any atom is -0.480 e. The SMILES string of the molecule is CSCCC(NC(=O)C(N)CC(N)=O)C(=O)NC(CC(N)=O)C(=O)NC(CS)C(=O)O. The Labute approximate surface area is 188 Å². The van der Waals surface area contributed by atoms with E-state index in [9.17, 15) is 28.8 Å². The Morgan fingerprint density at radius 2 is 1.35 bits per heavy atom. The fourth-order valence-corrected chi connectivity index (χ4v) is 2.95. The number of rotatable bonds is 15. The van der Waals surface area contributed by atoms with Crippen LogP contribution in [-0.2, 0) is 28.8 Å². The first-order chi connectivity index (χ1) is 14.4. The van der Waals surface area contributed by atoms with Gasteiger partial charge in [-0.2, -0.15) is 24.4 Å². The lowest BCUT2D eigenvalue weighted by Crippen LogP contribution is -2.58. The Kier molecular flexibility index (Phi) is 13.3. The molecule has 0 saturated carbocycles. The summed E-state index contributed by atoms with van der Waals surface area (Å²) in [7, 11) is 0. The molecule has 0 spiro atoms. The summed E-state index contributed by atoms with van der Waals surface area (Å²) in [5.74, 6) is -5.48. The van der Waals surface area contributed by atoms with Gasteiger partial charge in [-0.25, -0.2) is 4.79 Å². The lowest BCUT2D eigenvalue weighted by molar-refractivity contribution is -0.141.